The van der Waals surface area contributed by atoms with E-state index < -0.39 is 38.0 Å². The molecule has 0 aliphatic carbocycles. The van der Waals surface area contributed by atoms with Crippen molar-refractivity contribution < 1.29 is 65.1 Å². The molecule has 238 valence electrons. The average Bonchev–Trinajstić information content (AvgIpc) is 3.43. The molecule has 2 atom stereocenters. The minimum absolute atomic E-state index is 0. The van der Waals surface area contributed by atoms with Crippen LogP contribution >= 0.6 is 0 Å². The molecule has 0 aromatic heterocycles. The van der Waals surface area contributed by atoms with E-state index in [2.05, 4.69) is 24.8 Å². The third-order valence-electron chi connectivity index (χ3n) is 8.21. The van der Waals surface area contributed by atoms with Gasteiger partial charge < -0.3 is 18.7 Å². The van der Waals surface area contributed by atoms with E-state index >= 15 is 0 Å². The van der Waals surface area contributed by atoms with Crippen molar-refractivity contribution in [2.75, 3.05) is 29.5 Å². The van der Waals surface area contributed by atoms with Crippen molar-refractivity contribution >= 4 is 31.6 Å². The van der Waals surface area contributed by atoms with Crippen molar-refractivity contribution in [3.8, 4) is 16.9 Å². The van der Waals surface area contributed by atoms with Crippen LogP contribution in [0.5, 0.6) is 5.75 Å². The van der Waals surface area contributed by atoms with Gasteiger partial charge in [-0.3, -0.25) is 4.90 Å². The van der Waals surface area contributed by atoms with Crippen LogP contribution in [0, 0.1) is 0 Å². The predicted molar refractivity (Wildman–Crippen MR) is 173 cm³/mol. The predicted octanol–water partition coefficient (Wildman–Crippen LogP) is 1.26. The summed E-state index contributed by atoms with van der Waals surface area (Å²) in [5.74, 6) is -0.158. The third kappa shape index (κ3) is 8.78. The van der Waals surface area contributed by atoms with E-state index in [1.165, 1.54) is 0 Å². The van der Waals surface area contributed by atoms with E-state index in [0.29, 0.717) is 18.8 Å². The van der Waals surface area contributed by atoms with Gasteiger partial charge in [-0.15, -0.1) is 0 Å². The van der Waals surface area contributed by atoms with Gasteiger partial charge in [0.05, 0.1) is 26.8 Å². The minimum atomic E-state index is -4.33. The Balaban J connectivity index is 0.00000480. The Hall–Kier alpha value is -2.74. The molecule has 2 heterocycles. The normalized spacial score (nSPS) is 19.7. The van der Waals surface area contributed by atoms with Gasteiger partial charge in [0.25, 0.3) is 6.23 Å². The van der Waals surface area contributed by atoms with Crippen LogP contribution in [0.2, 0.25) is 0 Å². The molecule has 0 bridgehead atoms. The molecule has 9 nitrogen and oxygen atoms in total. The Morgan fingerprint density at radius 3 is 2.24 bits per heavy atom. The van der Waals surface area contributed by atoms with Gasteiger partial charge in [-0.2, -0.15) is 0 Å². The largest absolute Gasteiger partial charge is 1.00 e. The maximum absolute atomic E-state index is 11.3. The maximum atomic E-state index is 11.3. The number of para-hydroxylation sites is 1. The summed E-state index contributed by atoms with van der Waals surface area (Å²) in [7, 11) is -8.64. The summed E-state index contributed by atoms with van der Waals surface area (Å²) < 4.78 is 73.8. The van der Waals surface area contributed by atoms with E-state index in [9.17, 15) is 25.9 Å². The van der Waals surface area contributed by atoms with Crippen LogP contribution < -0.4 is 44.1 Å². The summed E-state index contributed by atoms with van der Waals surface area (Å²) in [5.41, 5.74) is 5.74. The van der Waals surface area contributed by atoms with E-state index in [1.807, 2.05) is 97.1 Å². The van der Waals surface area contributed by atoms with Crippen molar-refractivity contribution in [3.05, 3.63) is 114 Å². The summed E-state index contributed by atoms with van der Waals surface area (Å²) in [5, 5.41) is 0. The zero-order valence-electron chi connectivity index (χ0n) is 26.3. The quantitative estimate of drug-likeness (QED) is 0.173. The molecule has 3 aromatic rings. The fourth-order valence-electron chi connectivity index (χ4n) is 6.08. The Morgan fingerprint density at radius 1 is 0.848 bits per heavy atom. The molecular weight excluding hydrogens is 636 g/mol. The maximum Gasteiger partial charge on any atom is 1.00 e. The number of hydrogen-bond acceptors (Lipinski definition) is 8. The number of ether oxygens (including phenoxy) is 1. The molecule has 2 aliphatic heterocycles. The molecule has 2 aliphatic rings. The summed E-state index contributed by atoms with van der Waals surface area (Å²) >= 11 is 0. The van der Waals surface area contributed by atoms with E-state index in [0.717, 1.165) is 38.7 Å². The first-order valence-electron chi connectivity index (χ1n) is 14.9. The third-order valence-corrected chi connectivity index (χ3v) is 9.79. The van der Waals surface area contributed by atoms with Crippen LogP contribution in [0.15, 0.2) is 109 Å². The van der Waals surface area contributed by atoms with Crippen molar-refractivity contribution in [1.29, 1.82) is 0 Å². The van der Waals surface area contributed by atoms with Gasteiger partial charge >= 0.3 is 29.6 Å². The number of anilines is 1. The number of rotatable bonds is 12. The Morgan fingerprint density at radius 2 is 1.52 bits per heavy atom. The average molecular weight is 673 g/mol. The van der Waals surface area contributed by atoms with Crippen molar-refractivity contribution in [3.63, 3.8) is 0 Å². The van der Waals surface area contributed by atoms with Gasteiger partial charge in [-0.1, -0.05) is 86.7 Å². The van der Waals surface area contributed by atoms with Crippen LogP contribution in [0.25, 0.3) is 11.1 Å². The first-order valence-corrected chi connectivity index (χ1v) is 18.0. The second-order valence-electron chi connectivity index (χ2n) is 11.7. The molecular formula is C34H37N2NaO7S2. The van der Waals surface area contributed by atoms with Crippen molar-refractivity contribution in [1.82, 2.24) is 0 Å². The molecule has 12 heteroatoms. The molecule has 46 heavy (non-hydrogen) atoms. The number of benzene rings is 3. The second-order valence-corrected chi connectivity index (χ2v) is 14.8. The smallest absolute Gasteiger partial charge is 0.748 e. The number of hydrogen-bond donors (Lipinski definition) is 1. The fourth-order valence-corrected chi connectivity index (χ4v) is 7.06. The first-order chi connectivity index (χ1) is 21.3. The van der Waals surface area contributed by atoms with Gasteiger partial charge in [0.15, 0.2) is 11.4 Å². The van der Waals surface area contributed by atoms with E-state index in [4.69, 9.17) is 4.74 Å². The van der Waals surface area contributed by atoms with Crippen molar-refractivity contribution in [2.45, 2.75) is 38.3 Å². The molecule has 1 N–H and O–H groups in total. The summed E-state index contributed by atoms with van der Waals surface area (Å²) in [6.45, 7) is 5.02. The van der Waals surface area contributed by atoms with E-state index in [1.54, 1.807) is 0 Å². The number of nitrogens with zero attached hydrogens (tertiary/aromatic N) is 1. The first kappa shape index (κ1) is 36.1. The van der Waals surface area contributed by atoms with Crippen LogP contribution in [0.4, 0.5) is 11.4 Å². The standard InChI is InChI=1S/C34H38N2O7S2.Na/c1-34(2)28-15-9-10-16-29(28)35(21-11-23-44(37,38)39)32(34)17-7-4-8-18-33-36(22-12-24-45(40,41)42)30-25-27(19-20-31(30)43-33)26-13-5-3-6-14-26;/h3-10,13-20,25,33H,11-12,21-24H2,1-2H3,(H,37,38,39)(H,40,41,42);/q;+1/p-1. The van der Waals surface area contributed by atoms with Crippen LogP contribution in [-0.4, -0.2) is 56.8 Å². The van der Waals surface area contributed by atoms with Crippen molar-refractivity contribution in [2.24, 2.45) is 0 Å². The summed E-state index contributed by atoms with van der Waals surface area (Å²) in [4.78, 5) is 2.99. The van der Waals surface area contributed by atoms with Gasteiger partial charge in [0, 0.05) is 53.4 Å². The number of allylic oxidation sites excluding steroid dienone is 5. The molecule has 0 radical (unpaired) electrons. The zero-order chi connectivity index (χ0) is 32.2. The molecule has 0 saturated heterocycles. The molecule has 5 rings (SSSR count). The number of fused-ring (bicyclic) bond motifs is 2. The molecule has 0 fully saturated rings. The second kappa shape index (κ2) is 15.0. The number of nitrogens with one attached hydrogen (secondary N) is 1. The van der Waals surface area contributed by atoms with Gasteiger partial charge in [-0.25, -0.2) is 16.8 Å². The molecule has 0 amide bonds. The number of quaternary nitrogens is 1. The van der Waals surface area contributed by atoms with Crippen LogP contribution in [0.3, 0.4) is 0 Å². The zero-order valence-corrected chi connectivity index (χ0v) is 29.9. The van der Waals surface area contributed by atoms with Crippen LogP contribution in [0.1, 0.15) is 32.3 Å². The van der Waals surface area contributed by atoms with Gasteiger partial charge in [0.2, 0.25) is 0 Å². The van der Waals surface area contributed by atoms with Crippen LogP contribution in [-0.2, 0) is 25.7 Å². The van der Waals surface area contributed by atoms with Gasteiger partial charge in [0.1, 0.15) is 0 Å². The van der Waals surface area contributed by atoms with Gasteiger partial charge in [-0.05, 0) is 41.3 Å². The summed E-state index contributed by atoms with van der Waals surface area (Å²) in [6.07, 6.45) is 9.57. The Bertz CT molecular complexity index is 1840. The Kier molecular flexibility index (Phi) is 11.8. The SMILES string of the molecule is CC1(C)C(=CC=CC=CC2Oc3ccc(-c4ccccc4)cc3[NH+]2CCCS(=O)(=O)[O-])N(CCCS(=O)(=O)[O-])c2ccccc21.[Na+]. The van der Waals surface area contributed by atoms with E-state index in [-0.39, 0.29) is 47.8 Å². The molecule has 3 aromatic carbocycles. The molecule has 0 saturated carbocycles. The molecule has 2 unspecified atom stereocenters. The fraction of sp³-hybridized carbons (Fsp3) is 0.294. The topological polar surface area (TPSA) is 131 Å². The summed E-state index contributed by atoms with van der Waals surface area (Å²) in [6, 6.07) is 23.9. The monoisotopic (exact) mass is 672 g/mol. The Labute approximate surface area is 294 Å². The molecule has 0 spiro atoms. The minimum Gasteiger partial charge on any atom is -0.748 e.